The van der Waals surface area contributed by atoms with E-state index in [9.17, 15) is 9.59 Å². The van der Waals surface area contributed by atoms with Crippen molar-refractivity contribution in [3.63, 3.8) is 0 Å². The van der Waals surface area contributed by atoms with Crippen molar-refractivity contribution in [1.82, 2.24) is 10.6 Å². The highest BCUT2D eigenvalue weighted by atomic mass is 16.5. The Balaban J connectivity index is 3.36. The molecule has 0 aromatic rings. The minimum atomic E-state index is -0.579. The van der Waals surface area contributed by atoms with E-state index < -0.39 is 6.09 Å². The number of carbonyl (C=O) groups is 2. The molecule has 0 aliphatic carbocycles. The zero-order valence-electron chi connectivity index (χ0n) is 9.17. The molecule has 0 saturated carbocycles. The summed E-state index contributed by atoms with van der Waals surface area (Å²) in [6.07, 6.45) is 0.173. The van der Waals surface area contributed by atoms with Gasteiger partial charge in [0.15, 0.2) is 0 Å². The highest BCUT2D eigenvalue weighted by Crippen LogP contribution is 1.78. The monoisotopic (exact) mass is 218 g/mol. The molecule has 2 amide bonds. The Labute approximate surface area is 89.3 Å². The summed E-state index contributed by atoms with van der Waals surface area (Å²) in [7, 11) is 1.60. The van der Waals surface area contributed by atoms with Crippen LogP contribution < -0.4 is 10.6 Å². The third kappa shape index (κ3) is 9.01. The van der Waals surface area contributed by atoms with Crippen LogP contribution in [0.4, 0.5) is 4.79 Å². The van der Waals surface area contributed by atoms with Gasteiger partial charge in [-0.1, -0.05) is 0 Å². The summed E-state index contributed by atoms with van der Waals surface area (Å²) in [5, 5.41) is 4.95. The van der Waals surface area contributed by atoms with Gasteiger partial charge in [0.1, 0.15) is 0 Å². The molecule has 0 saturated heterocycles. The van der Waals surface area contributed by atoms with E-state index in [0.717, 1.165) is 6.42 Å². The van der Waals surface area contributed by atoms with E-state index in [2.05, 4.69) is 15.4 Å². The van der Waals surface area contributed by atoms with Gasteiger partial charge in [-0.2, -0.15) is 0 Å². The molecule has 0 radical (unpaired) electrons. The molecule has 2 N–H and O–H groups in total. The number of hydrogen-bond donors (Lipinski definition) is 2. The van der Waals surface area contributed by atoms with E-state index in [0.29, 0.717) is 19.8 Å². The maximum atomic E-state index is 11.1. The molecule has 0 bridgehead atoms. The van der Waals surface area contributed by atoms with Crippen molar-refractivity contribution in [3.05, 3.63) is 0 Å². The van der Waals surface area contributed by atoms with Crippen molar-refractivity contribution in [2.24, 2.45) is 0 Å². The van der Waals surface area contributed by atoms with E-state index >= 15 is 0 Å². The number of alkyl carbamates (subject to hydrolysis) is 1. The van der Waals surface area contributed by atoms with Gasteiger partial charge >= 0.3 is 6.09 Å². The molecule has 0 rings (SSSR count). The van der Waals surface area contributed by atoms with E-state index in [1.165, 1.54) is 0 Å². The molecule has 0 spiro atoms. The summed E-state index contributed by atoms with van der Waals surface area (Å²) in [5.41, 5.74) is 0. The average Bonchev–Trinajstić information content (AvgIpc) is 2.22. The molecule has 6 heteroatoms. The molecule has 15 heavy (non-hydrogen) atoms. The normalized spacial score (nSPS) is 9.47. The maximum absolute atomic E-state index is 11.1. The number of methoxy groups -OCH3 is 1. The second-order valence-corrected chi connectivity index (χ2v) is 2.77. The Kier molecular flexibility index (Phi) is 8.46. The Morgan fingerprint density at radius 1 is 1.27 bits per heavy atom. The lowest BCUT2D eigenvalue weighted by Gasteiger charge is -2.06. The van der Waals surface area contributed by atoms with Crippen LogP contribution in [0.25, 0.3) is 0 Å². The molecule has 88 valence electrons. The van der Waals surface area contributed by atoms with Crippen molar-refractivity contribution in [1.29, 1.82) is 0 Å². The van der Waals surface area contributed by atoms with Gasteiger partial charge in [0, 0.05) is 20.3 Å². The first-order valence-electron chi connectivity index (χ1n) is 4.87. The first kappa shape index (κ1) is 13.7. The van der Waals surface area contributed by atoms with Crippen molar-refractivity contribution in [2.45, 2.75) is 13.3 Å². The van der Waals surface area contributed by atoms with Crippen molar-refractivity contribution in [2.75, 3.05) is 33.4 Å². The minimum Gasteiger partial charge on any atom is -0.450 e. The SMILES string of the molecule is CCOC(=O)NCC(=O)NCCCOC. The van der Waals surface area contributed by atoms with E-state index in [1.807, 2.05) is 0 Å². The number of nitrogens with one attached hydrogen (secondary N) is 2. The largest absolute Gasteiger partial charge is 0.450 e. The number of amides is 2. The Bertz CT molecular complexity index is 197. The van der Waals surface area contributed by atoms with Crippen LogP contribution in [0.1, 0.15) is 13.3 Å². The molecule has 0 aromatic heterocycles. The van der Waals surface area contributed by atoms with E-state index in [1.54, 1.807) is 14.0 Å². The molecular weight excluding hydrogens is 200 g/mol. The highest BCUT2D eigenvalue weighted by Gasteiger charge is 2.04. The molecular formula is C9H18N2O4. The quantitative estimate of drug-likeness (QED) is 0.584. The lowest BCUT2D eigenvalue weighted by atomic mass is 10.4. The Hall–Kier alpha value is -1.30. The number of rotatable bonds is 7. The highest BCUT2D eigenvalue weighted by molar-refractivity contribution is 5.81. The summed E-state index contributed by atoms with van der Waals surface area (Å²) in [6.45, 7) is 3.07. The third-order valence-corrected chi connectivity index (χ3v) is 1.52. The van der Waals surface area contributed by atoms with Crippen molar-refractivity contribution in [3.8, 4) is 0 Å². The predicted octanol–water partition coefficient (Wildman–Crippen LogP) is -0.115. The fourth-order valence-corrected chi connectivity index (χ4v) is 0.841. The fraction of sp³-hybridized carbons (Fsp3) is 0.778. The van der Waals surface area contributed by atoms with Gasteiger partial charge in [-0.3, -0.25) is 4.79 Å². The Morgan fingerprint density at radius 2 is 2.00 bits per heavy atom. The van der Waals surface area contributed by atoms with Crippen LogP contribution in [0.5, 0.6) is 0 Å². The zero-order valence-corrected chi connectivity index (χ0v) is 9.17. The van der Waals surface area contributed by atoms with Crippen LogP contribution in [0.2, 0.25) is 0 Å². The van der Waals surface area contributed by atoms with Gasteiger partial charge in [-0.05, 0) is 13.3 Å². The maximum Gasteiger partial charge on any atom is 0.407 e. The zero-order chi connectivity index (χ0) is 11.5. The predicted molar refractivity (Wildman–Crippen MR) is 54.5 cm³/mol. The number of carbonyl (C=O) groups excluding carboxylic acids is 2. The lowest BCUT2D eigenvalue weighted by molar-refractivity contribution is -0.120. The molecule has 0 heterocycles. The van der Waals surface area contributed by atoms with Crippen LogP contribution >= 0.6 is 0 Å². The summed E-state index contributed by atoms with van der Waals surface area (Å²) in [4.78, 5) is 21.9. The first-order chi connectivity index (χ1) is 7.20. The molecule has 0 aliphatic rings. The van der Waals surface area contributed by atoms with Crippen LogP contribution in [0.3, 0.4) is 0 Å². The molecule has 6 nitrogen and oxygen atoms in total. The number of hydrogen-bond acceptors (Lipinski definition) is 4. The van der Waals surface area contributed by atoms with Gasteiger partial charge in [0.2, 0.25) is 5.91 Å². The van der Waals surface area contributed by atoms with Crippen molar-refractivity contribution < 1.29 is 19.1 Å². The minimum absolute atomic E-state index is 0.0637. The fourth-order valence-electron chi connectivity index (χ4n) is 0.841. The Morgan fingerprint density at radius 3 is 2.60 bits per heavy atom. The van der Waals surface area contributed by atoms with Gasteiger partial charge in [0.25, 0.3) is 0 Å². The standard InChI is InChI=1S/C9H18N2O4/c1-3-15-9(13)11-7-8(12)10-5-4-6-14-2/h3-7H2,1-2H3,(H,10,12)(H,11,13). The second-order valence-electron chi connectivity index (χ2n) is 2.77. The van der Waals surface area contributed by atoms with Crippen LogP contribution in [0.15, 0.2) is 0 Å². The molecule has 0 unspecified atom stereocenters. The van der Waals surface area contributed by atoms with Gasteiger partial charge in [-0.25, -0.2) is 4.79 Å². The average molecular weight is 218 g/mol. The van der Waals surface area contributed by atoms with E-state index in [4.69, 9.17) is 4.74 Å². The van der Waals surface area contributed by atoms with Gasteiger partial charge < -0.3 is 20.1 Å². The molecule has 0 atom stereocenters. The van der Waals surface area contributed by atoms with E-state index in [-0.39, 0.29) is 12.5 Å². The van der Waals surface area contributed by atoms with Crippen LogP contribution in [0, 0.1) is 0 Å². The smallest absolute Gasteiger partial charge is 0.407 e. The van der Waals surface area contributed by atoms with Gasteiger partial charge in [-0.15, -0.1) is 0 Å². The summed E-state index contributed by atoms with van der Waals surface area (Å²) >= 11 is 0. The lowest BCUT2D eigenvalue weighted by Crippen LogP contribution is -2.37. The molecule has 0 aliphatic heterocycles. The first-order valence-corrected chi connectivity index (χ1v) is 4.87. The van der Waals surface area contributed by atoms with Gasteiger partial charge in [0.05, 0.1) is 13.2 Å². The second kappa shape index (κ2) is 9.26. The number of ether oxygens (including phenoxy) is 2. The topological polar surface area (TPSA) is 76.7 Å². The van der Waals surface area contributed by atoms with Crippen LogP contribution in [-0.2, 0) is 14.3 Å². The summed E-state index contributed by atoms with van der Waals surface area (Å²) in [5.74, 6) is -0.237. The summed E-state index contributed by atoms with van der Waals surface area (Å²) < 4.78 is 9.40. The summed E-state index contributed by atoms with van der Waals surface area (Å²) in [6, 6.07) is 0. The molecule has 0 aromatic carbocycles. The third-order valence-electron chi connectivity index (χ3n) is 1.52. The van der Waals surface area contributed by atoms with Crippen LogP contribution in [-0.4, -0.2) is 45.4 Å². The molecule has 0 fully saturated rings. The van der Waals surface area contributed by atoms with Crippen molar-refractivity contribution >= 4 is 12.0 Å².